The number of nitrogens with zero attached hydrogens (tertiary/aromatic N) is 2. The van der Waals surface area contributed by atoms with Crippen LogP contribution in [-0.4, -0.2) is 23.0 Å². The van der Waals surface area contributed by atoms with E-state index in [1.54, 1.807) is 0 Å². The predicted octanol–water partition coefficient (Wildman–Crippen LogP) is 2.39. The maximum absolute atomic E-state index is 5.91. The third-order valence-electron chi connectivity index (χ3n) is 3.53. The SMILES string of the molecule is Brc1nn(-c2ccccc2)c2c1COC21COC1. The summed E-state index contributed by atoms with van der Waals surface area (Å²) in [6.07, 6.45) is 0. The van der Waals surface area contributed by atoms with E-state index in [-0.39, 0.29) is 5.60 Å². The van der Waals surface area contributed by atoms with Crippen molar-refractivity contribution in [3.8, 4) is 5.69 Å². The Labute approximate surface area is 113 Å². The molecule has 0 atom stereocenters. The van der Waals surface area contributed by atoms with E-state index >= 15 is 0 Å². The van der Waals surface area contributed by atoms with Gasteiger partial charge < -0.3 is 9.47 Å². The van der Waals surface area contributed by atoms with Crippen LogP contribution in [0.3, 0.4) is 0 Å². The molecule has 1 aromatic heterocycles. The molecular formula is C13H11BrN2O2. The lowest BCUT2D eigenvalue weighted by Crippen LogP contribution is -2.47. The summed E-state index contributed by atoms with van der Waals surface area (Å²) in [5, 5.41) is 4.58. The smallest absolute Gasteiger partial charge is 0.157 e. The molecule has 5 heteroatoms. The van der Waals surface area contributed by atoms with E-state index in [4.69, 9.17) is 9.47 Å². The van der Waals surface area contributed by atoms with Crippen LogP contribution in [0.15, 0.2) is 34.9 Å². The third-order valence-corrected chi connectivity index (χ3v) is 4.17. The van der Waals surface area contributed by atoms with E-state index in [1.807, 2.05) is 35.0 Å². The van der Waals surface area contributed by atoms with E-state index in [0.717, 1.165) is 21.5 Å². The monoisotopic (exact) mass is 306 g/mol. The summed E-state index contributed by atoms with van der Waals surface area (Å²) in [4.78, 5) is 0. The van der Waals surface area contributed by atoms with Crippen molar-refractivity contribution < 1.29 is 9.47 Å². The molecule has 0 radical (unpaired) electrons. The van der Waals surface area contributed by atoms with E-state index < -0.39 is 0 Å². The fraction of sp³-hybridized carbons (Fsp3) is 0.308. The minimum Gasteiger partial charge on any atom is -0.374 e. The number of aromatic nitrogens is 2. The third kappa shape index (κ3) is 1.29. The van der Waals surface area contributed by atoms with Crippen LogP contribution in [-0.2, 0) is 21.7 Å². The zero-order chi connectivity index (χ0) is 12.2. The molecule has 0 saturated carbocycles. The minimum atomic E-state index is -0.288. The van der Waals surface area contributed by atoms with E-state index in [2.05, 4.69) is 21.0 Å². The fourth-order valence-corrected chi connectivity index (χ4v) is 3.02. The summed E-state index contributed by atoms with van der Waals surface area (Å²) < 4.78 is 14.1. The van der Waals surface area contributed by atoms with Gasteiger partial charge in [0.2, 0.25) is 0 Å². The van der Waals surface area contributed by atoms with Gasteiger partial charge in [0.25, 0.3) is 0 Å². The average molecular weight is 307 g/mol. The van der Waals surface area contributed by atoms with Gasteiger partial charge in [0, 0.05) is 5.56 Å². The van der Waals surface area contributed by atoms with Crippen LogP contribution in [0.25, 0.3) is 5.69 Å². The summed E-state index contributed by atoms with van der Waals surface area (Å²) in [6.45, 7) is 1.84. The van der Waals surface area contributed by atoms with Crippen LogP contribution in [0.5, 0.6) is 0 Å². The highest BCUT2D eigenvalue weighted by Crippen LogP contribution is 2.45. The second-order valence-electron chi connectivity index (χ2n) is 4.64. The number of hydrogen-bond donors (Lipinski definition) is 0. The Morgan fingerprint density at radius 3 is 2.67 bits per heavy atom. The Morgan fingerprint density at radius 2 is 2.00 bits per heavy atom. The minimum absolute atomic E-state index is 0.288. The van der Waals surface area contributed by atoms with Crippen LogP contribution in [0, 0.1) is 0 Å². The molecule has 0 aliphatic carbocycles. The van der Waals surface area contributed by atoms with Crippen molar-refractivity contribution in [2.24, 2.45) is 0 Å². The van der Waals surface area contributed by atoms with Crippen LogP contribution in [0.1, 0.15) is 11.3 Å². The van der Waals surface area contributed by atoms with E-state index in [0.29, 0.717) is 19.8 Å². The quantitative estimate of drug-likeness (QED) is 0.811. The summed E-state index contributed by atoms with van der Waals surface area (Å²) in [5.74, 6) is 0. The van der Waals surface area contributed by atoms with Crippen LogP contribution in [0.2, 0.25) is 0 Å². The largest absolute Gasteiger partial charge is 0.374 e. The first-order chi connectivity index (χ1) is 8.80. The molecule has 1 aromatic carbocycles. The Balaban J connectivity index is 1.93. The molecule has 1 saturated heterocycles. The lowest BCUT2D eigenvalue weighted by Gasteiger charge is -2.37. The topological polar surface area (TPSA) is 36.3 Å². The summed E-state index contributed by atoms with van der Waals surface area (Å²) in [6, 6.07) is 10.1. The molecule has 4 rings (SSSR count). The molecule has 0 unspecified atom stereocenters. The molecule has 1 fully saturated rings. The van der Waals surface area contributed by atoms with Gasteiger partial charge in [-0.1, -0.05) is 18.2 Å². The molecule has 2 aliphatic heterocycles. The predicted molar refractivity (Wildman–Crippen MR) is 68.6 cm³/mol. The number of hydrogen-bond acceptors (Lipinski definition) is 3. The maximum Gasteiger partial charge on any atom is 0.157 e. The number of rotatable bonds is 1. The van der Waals surface area contributed by atoms with Gasteiger partial charge >= 0.3 is 0 Å². The van der Waals surface area contributed by atoms with Crippen molar-refractivity contribution in [3.05, 3.63) is 46.2 Å². The lowest BCUT2D eigenvalue weighted by molar-refractivity contribution is -0.212. The van der Waals surface area contributed by atoms with Gasteiger partial charge in [-0.2, -0.15) is 5.10 Å². The van der Waals surface area contributed by atoms with Crippen molar-refractivity contribution in [3.63, 3.8) is 0 Å². The second kappa shape index (κ2) is 3.66. The Bertz CT molecular complexity index is 605. The van der Waals surface area contributed by atoms with Gasteiger partial charge in [-0.25, -0.2) is 4.68 Å². The number of benzene rings is 1. The van der Waals surface area contributed by atoms with Gasteiger partial charge in [-0.05, 0) is 28.1 Å². The number of ether oxygens (including phenoxy) is 2. The molecule has 0 N–H and O–H groups in total. The molecule has 3 heterocycles. The van der Waals surface area contributed by atoms with E-state index in [9.17, 15) is 0 Å². The Kier molecular flexibility index (Phi) is 2.18. The zero-order valence-corrected chi connectivity index (χ0v) is 11.2. The number of halogens is 1. The molecule has 18 heavy (non-hydrogen) atoms. The van der Waals surface area contributed by atoms with Gasteiger partial charge in [0.15, 0.2) is 5.60 Å². The Hall–Kier alpha value is -1.17. The molecule has 4 nitrogen and oxygen atoms in total. The van der Waals surface area contributed by atoms with E-state index in [1.165, 1.54) is 0 Å². The summed E-state index contributed by atoms with van der Waals surface area (Å²) in [5.41, 5.74) is 3.04. The van der Waals surface area contributed by atoms with Crippen molar-refractivity contribution in [2.75, 3.05) is 13.2 Å². The molecule has 92 valence electrons. The standard InChI is InChI=1S/C13H11BrN2O2/c14-12-10-6-18-13(7-17-8-13)11(10)16(15-12)9-4-2-1-3-5-9/h1-5H,6-8H2. The average Bonchev–Trinajstić information content (AvgIpc) is 2.89. The highest BCUT2D eigenvalue weighted by Gasteiger charge is 2.51. The first-order valence-electron chi connectivity index (χ1n) is 5.85. The van der Waals surface area contributed by atoms with Crippen LogP contribution >= 0.6 is 15.9 Å². The summed E-state index contributed by atoms with van der Waals surface area (Å²) >= 11 is 3.52. The van der Waals surface area contributed by atoms with Crippen molar-refractivity contribution >= 4 is 15.9 Å². The first-order valence-corrected chi connectivity index (χ1v) is 6.64. The zero-order valence-electron chi connectivity index (χ0n) is 9.60. The second-order valence-corrected chi connectivity index (χ2v) is 5.39. The maximum atomic E-state index is 5.91. The molecule has 2 aromatic rings. The highest BCUT2D eigenvalue weighted by molar-refractivity contribution is 9.10. The molecular weight excluding hydrogens is 296 g/mol. The normalized spacial score (nSPS) is 19.8. The first kappa shape index (κ1) is 10.7. The van der Waals surface area contributed by atoms with Gasteiger partial charge in [0.1, 0.15) is 4.60 Å². The number of para-hydroxylation sites is 1. The van der Waals surface area contributed by atoms with Gasteiger partial charge in [-0.3, -0.25) is 0 Å². The highest BCUT2D eigenvalue weighted by atomic mass is 79.9. The van der Waals surface area contributed by atoms with Crippen LogP contribution in [0.4, 0.5) is 0 Å². The molecule has 1 spiro atoms. The Morgan fingerprint density at radius 1 is 1.22 bits per heavy atom. The molecule has 0 amide bonds. The number of fused-ring (bicyclic) bond motifs is 2. The van der Waals surface area contributed by atoms with Crippen molar-refractivity contribution in [1.29, 1.82) is 0 Å². The van der Waals surface area contributed by atoms with Crippen molar-refractivity contribution in [1.82, 2.24) is 9.78 Å². The summed E-state index contributed by atoms with van der Waals surface area (Å²) in [7, 11) is 0. The van der Waals surface area contributed by atoms with Crippen LogP contribution < -0.4 is 0 Å². The molecule has 2 aliphatic rings. The van der Waals surface area contributed by atoms with Crippen molar-refractivity contribution in [2.45, 2.75) is 12.2 Å². The van der Waals surface area contributed by atoms with Gasteiger partial charge in [0.05, 0.1) is 31.2 Å². The fourth-order valence-electron chi connectivity index (χ4n) is 2.56. The lowest BCUT2D eigenvalue weighted by atomic mass is 9.97. The molecule has 0 bridgehead atoms. The van der Waals surface area contributed by atoms with Gasteiger partial charge in [-0.15, -0.1) is 0 Å².